The van der Waals surface area contributed by atoms with E-state index in [0.29, 0.717) is 35.3 Å². The number of piperidine rings is 1. The van der Waals surface area contributed by atoms with Gasteiger partial charge in [-0.3, -0.25) is 9.36 Å². The van der Waals surface area contributed by atoms with Gasteiger partial charge in [0.2, 0.25) is 5.95 Å². The first-order valence-corrected chi connectivity index (χ1v) is 14.3. The van der Waals surface area contributed by atoms with Crippen LogP contribution in [0.2, 0.25) is 0 Å². The summed E-state index contributed by atoms with van der Waals surface area (Å²) in [5, 5.41) is 7.52. The van der Waals surface area contributed by atoms with Crippen molar-refractivity contribution >= 4 is 34.0 Å². The van der Waals surface area contributed by atoms with Crippen molar-refractivity contribution in [1.82, 2.24) is 24.8 Å². The zero-order valence-corrected chi connectivity index (χ0v) is 23.3. The minimum atomic E-state index is -0.223. The monoisotopic (exact) mass is 550 g/mol. The number of pyridine rings is 1. The van der Waals surface area contributed by atoms with Gasteiger partial charge < -0.3 is 15.1 Å². The van der Waals surface area contributed by atoms with E-state index in [9.17, 15) is 4.79 Å². The van der Waals surface area contributed by atoms with E-state index in [1.807, 2.05) is 19.9 Å². The van der Waals surface area contributed by atoms with Gasteiger partial charge >= 0.3 is 0 Å². The summed E-state index contributed by atoms with van der Waals surface area (Å²) in [7, 11) is 0. The molecule has 1 aliphatic rings. The first-order valence-electron chi connectivity index (χ1n) is 13.5. The molecule has 1 atom stereocenters. The van der Waals surface area contributed by atoms with Gasteiger partial charge in [0.15, 0.2) is 0 Å². The number of rotatable bonds is 6. The number of aromatic nitrogens is 4. The summed E-state index contributed by atoms with van der Waals surface area (Å²) in [6, 6.07) is 12.1. The summed E-state index contributed by atoms with van der Waals surface area (Å²) in [6.45, 7) is 6.37. The maximum atomic E-state index is 13.7. The molecule has 0 spiro atoms. The average molecular weight is 551 g/mol. The van der Waals surface area contributed by atoms with Crippen LogP contribution >= 0.6 is 11.3 Å². The largest absolute Gasteiger partial charge is 0.469 e. The predicted molar refractivity (Wildman–Crippen MR) is 158 cm³/mol. The van der Waals surface area contributed by atoms with E-state index in [-0.39, 0.29) is 5.56 Å². The van der Waals surface area contributed by atoms with E-state index in [2.05, 4.69) is 56.7 Å². The molecule has 8 nitrogen and oxygen atoms in total. The highest BCUT2D eigenvalue weighted by Crippen LogP contribution is 2.21. The molecule has 1 saturated heterocycles. The Bertz CT molecular complexity index is 1770. The Balaban J connectivity index is 1.32. The number of hydrogen-bond donors (Lipinski definition) is 2. The summed E-state index contributed by atoms with van der Waals surface area (Å²) in [5.74, 6) is 7.95. The quantitative estimate of drug-likeness (QED) is 0.281. The van der Waals surface area contributed by atoms with Crippen LogP contribution in [0.25, 0.3) is 11.0 Å². The van der Waals surface area contributed by atoms with Gasteiger partial charge in [-0.05, 0) is 87.9 Å². The number of nitrogens with one attached hydrogen (secondary N) is 2. The first kappa shape index (κ1) is 26.0. The Hall–Kier alpha value is -4.26. The molecule has 1 aliphatic heterocycles. The number of hydrogen-bond acceptors (Lipinski definition) is 8. The van der Waals surface area contributed by atoms with Crippen LogP contribution in [0.4, 0.5) is 11.6 Å². The summed E-state index contributed by atoms with van der Waals surface area (Å²) in [4.78, 5) is 28.3. The Morgan fingerprint density at radius 3 is 2.77 bits per heavy atom. The fourth-order valence-electron chi connectivity index (χ4n) is 5.04. The predicted octanol–water partition coefficient (Wildman–Crippen LogP) is 5.19. The van der Waals surface area contributed by atoms with Crippen LogP contribution in [0.15, 0.2) is 63.6 Å². The number of benzene rings is 1. The Labute approximate surface area is 236 Å². The zero-order valence-electron chi connectivity index (χ0n) is 22.5. The van der Waals surface area contributed by atoms with Gasteiger partial charge in [0, 0.05) is 27.7 Å². The second-order valence-corrected chi connectivity index (χ2v) is 11.2. The van der Waals surface area contributed by atoms with Crippen molar-refractivity contribution in [2.24, 2.45) is 5.92 Å². The Morgan fingerprint density at radius 1 is 1.18 bits per heavy atom. The molecule has 9 heteroatoms. The van der Waals surface area contributed by atoms with Gasteiger partial charge in [-0.1, -0.05) is 18.1 Å². The highest BCUT2D eigenvalue weighted by atomic mass is 32.1. The van der Waals surface area contributed by atoms with E-state index in [0.717, 1.165) is 46.8 Å². The molecule has 1 aromatic carbocycles. The van der Waals surface area contributed by atoms with Gasteiger partial charge in [-0.25, -0.2) is 9.97 Å². The van der Waals surface area contributed by atoms with Crippen LogP contribution in [0, 0.1) is 31.6 Å². The maximum absolute atomic E-state index is 13.7. The molecule has 40 heavy (non-hydrogen) atoms. The van der Waals surface area contributed by atoms with E-state index < -0.39 is 0 Å². The van der Waals surface area contributed by atoms with E-state index >= 15 is 0 Å². The number of thiazole rings is 1. The van der Waals surface area contributed by atoms with Crippen LogP contribution in [0.1, 0.15) is 45.9 Å². The summed E-state index contributed by atoms with van der Waals surface area (Å²) in [5.41, 5.74) is 6.23. The van der Waals surface area contributed by atoms with Gasteiger partial charge in [-0.2, -0.15) is 4.98 Å². The number of aryl methyl sites for hydroxylation is 2. The van der Waals surface area contributed by atoms with Crippen molar-refractivity contribution in [2.75, 3.05) is 18.4 Å². The molecule has 6 rings (SSSR count). The molecule has 2 N–H and O–H groups in total. The van der Waals surface area contributed by atoms with Gasteiger partial charge in [0.25, 0.3) is 5.56 Å². The molecule has 202 valence electrons. The average Bonchev–Trinajstić information content (AvgIpc) is 3.58. The molecule has 0 amide bonds. The number of furan rings is 1. The molecule has 1 fully saturated rings. The Kier molecular flexibility index (Phi) is 7.45. The van der Waals surface area contributed by atoms with Crippen LogP contribution in [-0.2, 0) is 13.0 Å². The second kappa shape index (κ2) is 11.5. The van der Waals surface area contributed by atoms with Crippen molar-refractivity contribution in [3.05, 3.63) is 97.7 Å². The summed E-state index contributed by atoms with van der Waals surface area (Å²) >= 11 is 1.53. The summed E-state index contributed by atoms with van der Waals surface area (Å²) < 4.78 is 7.13. The van der Waals surface area contributed by atoms with Crippen molar-refractivity contribution < 1.29 is 4.42 Å². The minimum absolute atomic E-state index is 0.223. The van der Waals surface area contributed by atoms with Gasteiger partial charge in [0.1, 0.15) is 17.1 Å². The van der Waals surface area contributed by atoms with Gasteiger partial charge in [-0.15, -0.1) is 11.3 Å². The molecular formula is C31H30N6O2S. The highest BCUT2D eigenvalue weighted by Gasteiger charge is 2.15. The third-order valence-electron chi connectivity index (χ3n) is 7.32. The lowest BCUT2D eigenvalue weighted by Crippen LogP contribution is -2.30. The third kappa shape index (κ3) is 5.69. The minimum Gasteiger partial charge on any atom is -0.469 e. The Morgan fingerprint density at radius 2 is 2.05 bits per heavy atom. The van der Waals surface area contributed by atoms with Crippen molar-refractivity contribution in [2.45, 2.75) is 39.7 Å². The molecule has 5 aromatic rings. The number of nitrogens with zero attached hydrogens (tertiary/aromatic N) is 4. The van der Waals surface area contributed by atoms with E-state index in [1.165, 1.54) is 29.7 Å². The number of fused-ring (bicyclic) bond motifs is 1. The fourth-order valence-corrected chi connectivity index (χ4v) is 5.57. The van der Waals surface area contributed by atoms with Crippen molar-refractivity contribution in [3.8, 4) is 11.8 Å². The lowest BCUT2D eigenvalue weighted by atomic mass is 9.92. The second-order valence-electron chi connectivity index (χ2n) is 10.2. The molecule has 1 unspecified atom stereocenters. The van der Waals surface area contributed by atoms with E-state index in [4.69, 9.17) is 9.40 Å². The van der Waals surface area contributed by atoms with Crippen LogP contribution in [-0.4, -0.2) is 32.6 Å². The third-order valence-corrected chi connectivity index (χ3v) is 8.07. The number of anilines is 2. The summed E-state index contributed by atoms with van der Waals surface area (Å²) in [6.07, 6.45) is 6.95. The van der Waals surface area contributed by atoms with Crippen molar-refractivity contribution in [1.29, 1.82) is 0 Å². The zero-order chi connectivity index (χ0) is 27.5. The lowest BCUT2D eigenvalue weighted by molar-refractivity contribution is 0.376. The van der Waals surface area contributed by atoms with Crippen LogP contribution in [0.3, 0.4) is 0 Å². The fraction of sp³-hybridized carbons (Fsp3) is 0.290. The molecule has 0 saturated carbocycles. The van der Waals surface area contributed by atoms with Crippen molar-refractivity contribution in [3.63, 3.8) is 0 Å². The molecule has 0 radical (unpaired) electrons. The molecule has 0 bridgehead atoms. The molecule has 0 aliphatic carbocycles. The smallest absolute Gasteiger partial charge is 0.268 e. The highest BCUT2D eigenvalue weighted by molar-refractivity contribution is 7.09. The van der Waals surface area contributed by atoms with Crippen LogP contribution < -0.4 is 16.2 Å². The molecular weight excluding hydrogens is 520 g/mol. The SMILES string of the molecule is Cc1occc1Cn1c(=O)c(C#Cc2ncsc2C)cc2cnc(Nc3ccc(CC4CCCNC4)cc3)nc21. The van der Waals surface area contributed by atoms with Gasteiger partial charge in [0.05, 0.1) is 23.9 Å². The normalized spacial score (nSPS) is 15.1. The standard InChI is InChI=1S/C31H30N6O2S/c1-20-25(11-13-39-20)18-37-29-26(15-24(30(37)38)7-10-28-21(2)40-19-34-28)17-33-31(36-29)35-27-8-5-22(6-9-27)14-23-4-3-12-32-16-23/h5-6,8-9,11,13,15,17,19,23,32H,3-4,12,14,16,18H2,1-2H3,(H,33,35,36). The maximum Gasteiger partial charge on any atom is 0.268 e. The van der Waals surface area contributed by atoms with E-state index in [1.54, 1.807) is 28.6 Å². The first-order chi connectivity index (χ1) is 19.5. The topological polar surface area (TPSA) is 97.9 Å². The molecule has 4 aromatic heterocycles. The van der Waals surface area contributed by atoms with Crippen LogP contribution in [0.5, 0.6) is 0 Å². The lowest BCUT2D eigenvalue weighted by Gasteiger charge is -2.22. The molecule has 5 heterocycles.